The van der Waals surface area contributed by atoms with Crippen molar-refractivity contribution in [2.24, 2.45) is 5.92 Å². The lowest BCUT2D eigenvalue weighted by molar-refractivity contribution is 0.00504. The summed E-state index contributed by atoms with van der Waals surface area (Å²) in [5.41, 5.74) is 4.47. The van der Waals surface area contributed by atoms with Gasteiger partial charge in [-0.15, -0.1) is 16.4 Å². The van der Waals surface area contributed by atoms with Gasteiger partial charge in [-0.2, -0.15) is 0 Å². The minimum Gasteiger partial charge on any atom is -0.348 e. The molecule has 2 aromatic heterocycles. The highest BCUT2D eigenvalue weighted by atomic mass is 32.1. The van der Waals surface area contributed by atoms with Crippen LogP contribution in [0.4, 0.5) is 4.79 Å². The molecule has 0 bridgehead atoms. The largest absolute Gasteiger partial charge is 0.427 e. The van der Waals surface area contributed by atoms with Gasteiger partial charge in [0.05, 0.1) is 27.3 Å². The van der Waals surface area contributed by atoms with Crippen LogP contribution >= 0.6 is 11.3 Å². The monoisotopic (exact) mass is 543 g/mol. The molecule has 3 fully saturated rings. The Morgan fingerprint density at radius 1 is 1.21 bits per heavy atom. The van der Waals surface area contributed by atoms with Crippen molar-refractivity contribution < 1.29 is 19.2 Å². The van der Waals surface area contributed by atoms with Gasteiger partial charge >= 0.3 is 6.09 Å². The van der Waals surface area contributed by atoms with Crippen molar-refractivity contribution >= 4 is 39.5 Å². The molecule has 2 aliphatic heterocycles. The van der Waals surface area contributed by atoms with E-state index in [9.17, 15) is 14.4 Å². The SMILES string of the molecule is Cc1nc2cc(CNC(=O)c3cc(C(=O)N[C@H]4CCC5=CC(C6C7NC(=O)ON76)CC=C54)ncn3)ccc2s1. The molecule has 4 heterocycles. The zero-order valence-corrected chi connectivity index (χ0v) is 21.8. The standard InChI is InChI=1S/C27H25N7O4S/c1-13-31-19-8-14(2-7-22(19)39-13)11-28-25(35)20-10-21(30-12-29-20)26(36)32-18-6-4-15-9-16(3-5-17(15)18)23-24-33-27(37)38-34(23)24/h2,5,7-10,12,16,18,23-24H,3-4,6,11H2,1H3,(H,28,35)(H,32,36)(H,33,37)/t16?,18-,23?,24?,34?/m0/s1. The number of rotatable bonds is 6. The van der Waals surface area contributed by atoms with Crippen LogP contribution in [0.15, 0.2) is 53.9 Å². The molecule has 12 heteroatoms. The molecule has 4 aliphatic rings. The molecule has 1 saturated carbocycles. The van der Waals surface area contributed by atoms with Gasteiger partial charge in [-0.05, 0) is 55.0 Å². The van der Waals surface area contributed by atoms with Crippen LogP contribution in [-0.4, -0.2) is 56.2 Å². The average molecular weight is 544 g/mol. The van der Waals surface area contributed by atoms with E-state index in [-0.39, 0.29) is 47.4 Å². The van der Waals surface area contributed by atoms with Crippen LogP contribution in [0.25, 0.3) is 10.2 Å². The second-order valence-electron chi connectivity index (χ2n) is 10.1. The molecule has 7 rings (SSSR count). The molecule has 4 unspecified atom stereocenters. The fourth-order valence-electron chi connectivity index (χ4n) is 5.72. The van der Waals surface area contributed by atoms with E-state index in [1.807, 2.05) is 25.1 Å². The van der Waals surface area contributed by atoms with Gasteiger partial charge in [-0.25, -0.2) is 19.7 Å². The van der Waals surface area contributed by atoms with Gasteiger partial charge in [0.1, 0.15) is 23.9 Å². The molecule has 1 aromatic carbocycles. The average Bonchev–Trinajstić information content (AvgIpc) is 3.24. The van der Waals surface area contributed by atoms with Gasteiger partial charge in [0.25, 0.3) is 11.8 Å². The van der Waals surface area contributed by atoms with Crippen LogP contribution in [0.1, 0.15) is 50.8 Å². The molecule has 39 heavy (non-hydrogen) atoms. The van der Waals surface area contributed by atoms with Gasteiger partial charge in [0, 0.05) is 18.5 Å². The Morgan fingerprint density at radius 3 is 2.87 bits per heavy atom. The zero-order chi connectivity index (χ0) is 26.7. The molecule has 2 aliphatic carbocycles. The lowest BCUT2D eigenvalue weighted by Gasteiger charge is -2.21. The van der Waals surface area contributed by atoms with E-state index in [0.29, 0.717) is 6.54 Å². The summed E-state index contributed by atoms with van der Waals surface area (Å²) in [6.45, 7) is 2.29. The first-order valence-corrected chi connectivity index (χ1v) is 13.7. The van der Waals surface area contributed by atoms with Crippen LogP contribution in [0.3, 0.4) is 0 Å². The normalized spacial score (nSPS) is 26.6. The zero-order valence-electron chi connectivity index (χ0n) is 21.0. The smallest absolute Gasteiger partial charge is 0.348 e. The minimum atomic E-state index is -0.395. The number of allylic oxidation sites excluding steroid dienone is 1. The molecular formula is C27H25N7O4S. The van der Waals surface area contributed by atoms with Crippen molar-refractivity contribution in [3.63, 3.8) is 0 Å². The summed E-state index contributed by atoms with van der Waals surface area (Å²) in [5.74, 6) is -0.461. The topological polar surface area (TPSA) is 138 Å². The van der Waals surface area contributed by atoms with Crippen molar-refractivity contribution in [3.8, 4) is 0 Å². The van der Waals surface area contributed by atoms with Crippen molar-refractivity contribution in [1.29, 1.82) is 0 Å². The third-order valence-corrected chi connectivity index (χ3v) is 8.57. The predicted molar refractivity (Wildman–Crippen MR) is 141 cm³/mol. The summed E-state index contributed by atoms with van der Waals surface area (Å²) < 4.78 is 1.11. The molecule has 0 radical (unpaired) electrons. The van der Waals surface area contributed by atoms with E-state index in [0.717, 1.165) is 45.6 Å². The lowest BCUT2D eigenvalue weighted by atomic mass is 9.88. The molecule has 11 nitrogen and oxygen atoms in total. The molecule has 198 valence electrons. The van der Waals surface area contributed by atoms with Crippen LogP contribution in [0.5, 0.6) is 0 Å². The number of hydroxylamine groups is 2. The first-order chi connectivity index (χ1) is 18.9. The number of benzene rings is 1. The molecule has 0 spiro atoms. The molecule has 3 N–H and O–H groups in total. The first-order valence-electron chi connectivity index (χ1n) is 12.9. The van der Waals surface area contributed by atoms with E-state index in [1.165, 1.54) is 18.0 Å². The van der Waals surface area contributed by atoms with Crippen LogP contribution in [0.2, 0.25) is 0 Å². The van der Waals surface area contributed by atoms with Gasteiger partial charge in [-0.3, -0.25) is 14.9 Å². The number of hydrogen-bond acceptors (Lipinski definition) is 9. The number of amides is 3. The third-order valence-electron chi connectivity index (χ3n) is 7.62. The van der Waals surface area contributed by atoms with Crippen molar-refractivity contribution in [2.75, 3.05) is 0 Å². The molecular weight excluding hydrogens is 518 g/mol. The number of fused-ring (bicyclic) bond motifs is 3. The first kappa shape index (κ1) is 23.9. The van der Waals surface area contributed by atoms with Gasteiger partial charge < -0.3 is 15.5 Å². The molecule has 2 saturated heterocycles. The fourth-order valence-corrected chi connectivity index (χ4v) is 6.53. The van der Waals surface area contributed by atoms with E-state index >= 15 is 0 Å². The van der Waals surface area contributed by atoms with Gasteiger partial charge in [-0.1, -0.05) is 18.2 Å². The molecule has 3 aromatic rings. The fraction of sp³-hybridized carbons (Fsp3) is 0.333. The third kappa shape index (κ3) is 4.45. The number of carbonyl (C=O) groups is 3. The molecule has 5 atom stereocenters. The van der Waals surface area contributed by atoms with E-state index in [4.69, 9.17) is 4.84 Å². The lowest BCUT2D eigenvalue weighted by Crippen LogP contribution is -2.35. The van der Waals surface area contributed by atoms with Gasteiger partial charge in [0.2, 0.25) is 0 Å². The van der Waals surface area contributed by atoms with Crippen molar-refractivity contribution in [1.82, 2.24) is 36.0 Å². The predicted octanol–water partition coefficient (Wildman–Crippen LogP) is 2.75. The summed E-state index contributed by atoms with van der Waals surface area (Å²) in [6, 6.07) is 7.39. The van der Waals surface area contributed by atoms with Crippen LogP contribution in [0, 0.1) is 12.8 Å². The Bertz CT molecular complexity index is 1580. The number of nitrogens with zero attached hydrogens (tertiary/aromatic N) is 4. The quantitative estimate of drug-likeness (QED) is 0.404. The Kier molecular flexibility index (Phi) is 5.67. The van der Waals surface area contributed by atoms with E-state index < -0.39 is 6.09 Å². The summed E-state index contributed by atoms with van der Waals surface area (Å²) in [4.78, 5) is 54.9. The van der Waals surface area contributed by atoms with Crippen LogP contribution in [-0.2, 0) is 11.4 Å². The van der Waals surface area contributed by atoms with Crippen LogP contribution < -0.4 is 16.0 Å². The summed E-state index contributed by atoms with van der Waals surface area (Å²) >= 11 is 1.63. The number of aromatic nitrogens is 3. The molecule has 3 amide bonds. The summed E-state index contributed by atoms with van der Waals surface area (Å²) in [6.07, 6.45) is 7.70. The highest BCUT2D eigenvalue weighted by molar-refractivity contribution is 7.18. The van der Waals surface area contributed by atoms with E-state index in [1.54, 1.807) is 16.4 Å². The van der Waals surface area contributed by atoms with Crippen molar-refractivity contribution in [3.05, 3.63) is 75.8 Å². The summed E-state index contributed by atoms with van der Waals surface area (Å²) in [5, 5.41) is 11.4. The maximum atomic E-state index is 13.1. The summed E-state index contributed by atoms with van der Waals surface area (Å²) in [7, 11) is 0. The minimum absolute atomic E-state index is 0.0405. The number of nitrogens with one attached hydrogen (secondary N) is 3. The Morgan fingerprint density at radius 2 is 2.05 bits per heavy atom. The maximum absolute atomic E-state index is 13.1. The van der Waals surface area contributed by atoms with Gasteiger partial charge in [0.15, 0.2) is 0 Å². The number of carbonyl (C=O) groups excluding carboxylic acids is 3. The number of hydrogen-bond donors (Lipinski definition) is 3. The second kappa shape index (κ2) is 9.24. The maximum Gasteiger partial charge on any atom is 0.427 e. The Labute approximate surface area is 227 Å². The van der Waals surface area contributed by atoms with Crippen molar-refractivity contribution in [2.45, 2.75) is 51.0 Å². The van der Waals surface area contributed by atoms with E-state index in [2.05, 4.69) is 43.1 Å². The highest BCUT2D eigenvalue weighted by Crippen LogP contribution is 2.44. The number of thiazole rings is 1. The Hall–Kier alpha value is -4.16. The second-order valence-corrected chi connectivity index (χ2v) is 11.4. The highest BCUT2D eigenvalue weighted by Gasteiger charge is 2.60. The number of aryl methyl sites for hydroxylation is 1. The Balaban J connectivity index is 0.966.